The predicted molar refractivity (Wildman–Crippen MR) is 104 cm³/mol. The molecule has 0 bridgehead atoms. The zero-order valence-corrected chi connectivity index (χ0v) is 15.3. The summed E-state index contributed by atoms with van der Waals surface area (Å²) in [6.45, 7) is 3.85. The summed E-state index contributed by atoms with van der Waals surface area (Å²) >= 11 is 5.20. The summed E-state index contributed by atoms with van der Waals surface area (Å²) in [7, 11) is 0. The van der Waals surface area contributed by atoms with Crippen molar-refractivity contribution in [2.24, 2.45) is 0 Å². The van der Waals surface area contributed by atoms with Crippen LogP contribution in [0.1, 0.15) is 25.2 Å². The smallest absolute Gasteiger partial charge is 0.270 e. The van der Waals surface area contributed by atoms with E-state index in [1.807, 2.05) is 24.3 Å². The molecule has 0 radical (unpaired) electrons. The first-order chi connectivity index (χ1) is 12.5. The number of hydrogen-bond acceptors (Lipinski definition) is 4. The van der Waals surface area contributed by atoms with Crippen LogP contribution in [-0.2, 0) is 16.0 Å². The molecular formula is C20H18N2O3S. The van der Waals surface area contributed by atoms with Crippen LogP contribution in [0.4, 0.5) is 5.69 Å². The van der Waals surface area contributed by atoms with Crippen LogP contribution in [-0.4, -0.2) is 16.9 Å². The second-order valence-electron chi connectivity index (χ2n) is 5.88. The molecule has 0 aliphatic carbocycles. The van der Waals surface area contributed by atoms with Gasteiger partial charge in [-0.3, -0.25) is 19.8 Å². The van der Waals surface area contributed by atoms with E-state index >= 15 is 0 Å². The summed E-state index contributed by atoms with van der Waals surface area (Å²) in [5.41, 5.74) is 2.52. The molecule has 26 heavy (non-hydrogen) atoms. The first-order valence-corrected chi connectivity index (χ1v) is 8.62. The van der Waals surface area contributed by atoms with Gasteiger partial charge in [0.05, 0.1) is 12.0 Å². The Morgan fingerprint density at radius 1 is 1.23 bits per heavy atom. The van der Waals surface area contributed by atoms with Crippen LogP contribution < -0.4 is 10.2 Å². The number of carbonyl (C=O) groups is 2. The number of rotatable bonds is 4. The first-order valence-electron chi connectivity index (χ1n) is 8.22. The number of amides is 2. The number of carbonyl (C=O) groups excluding carboxylic acids is 2. The highest BCUT2D eigenvalue weighted by atomic mass is 32.1. The van der Waals surface area contributed by atoms with Crippen LogP contribution in [0.15, 0.2) is 64.3 Å². The number of nitrogens with one attached hydrogen (secondary N) is 1. The van der Waals surface area contributed by atoms with Gasteiger partial charge in [0.2, 0.25) is 0 Å². The van der Waals surface area contributed by atoms with Crippen molar-refractivity contribution < 1.29 is 14.0 Å². The van der Waals surface area contributed by atoms with E-state index < -0.39 is 11.8 Å². The maximum Gasteiger partial charge on any atom is 0.270 e. The van der Waals surface area contributed by atoms with Crippen molar-refractivity contribution in [2.75, 3.05) is 4.90 Å². The van der Waals surface area contributed by atoms with Gasteiger partial charge in [0.1, 0.15) is 11.3 Å². The molecule has 5 nitrogen and oxygen atoms in total. The maximum absolute atomic E-state index is 12.9. The van der Waals surface area contributed by atoms with Crippen molar-refractivity contribution in [1.29, 1.82) is 0 Å². The van der Waals surface area contributed by atoms with E-state index in [9.17, 15) is 9.59 Å². The molecule has 6 heteroatoms. The topological polar surface area (TPSA) is 62.6 Å². The minimum atomic E-state index is -0.506. The highest BCUT2D eigenvalue weighted by molar-refractivity contribution is 7.80. The van der Waals surface area contributed by atoms with Gasteiger partial charge >= 0.3 is 0 Å². The van der Waals surface area contributed by atoms with Gasteiger partial charge in [0.15, 0.2) is 5.11 Å². The van der Waals surface area contributed by atoms with Gasteiger partial charge in [-0.05, 0) is 73.1 Å². The molecule has 1 fully saturated rings. The Labute approximate surface area is 157 Å². The van der Waals surface area contributed by atoms with Gasteiger partial charge in [-0.2, -0.15) is 0 Å². The Balaban J connectivity index is 1.93. The lowest BCUT2D eigenvalue weighted by Crippen LogP contribution is -2.54. The maximum atomic E-state index is 12.9. The zero-order valence-electron chi connectivity index (χ0n) is 14.5. The minimum Gasteiger partial charge on any atom is -0.465 e. The van der Waals surface area contributed by atoms with Gasteiger partial charge in [-0.25, -0.2) is 0 Å². The normalized spacial score (nSPS) is 17.0. The minimum absolute atomic E-state index is 0.0264. The van der Waals surface area contributed by atoms with E-state index in [0.717, 1.165) is 12.0 Å². The van der Waals surface area contributed by atoms with Gasteiger partial charge in [-0.1, -0.05) is 19.1 Å². The largest absolute Gasteiger partial charge is 0.465 e. The van der Waals surface area contributed by atoms with Crippen molar-refractivity contribution in [3.8, 4) is 0 Å². The molecule has 3 rings (SSSR count). The summed E-state index contributed by atoms with van der Waals surface area (Å²) in [4.78, 5) is 26.5. The molecule has 1 aromatic carbocycles. The Kier molecular flexibility index (Phi) is 5.14. The van der Waals surface area contributed by atoms with Crippen LogP contribution in [0, 0.1) is 0 Å². The summed E-state index contributed by atoms with van der Waals surface area (Å²) in [6, 6.07) is 11.1. The van der Waals surface area contributed by atoms with E-state index in [1.54, 1.807) is 31.4 Å². The number of benzene rings is 1. The number of nitrogens with zero attached hydrogens (tertiary/aromatic N) is 1. The number of anilines is 1. The van der Waals surface area contributed by atoms with Gasteiger partial charge < -0.3 is 4.42 Å². The fourth-order valence-corrected chi connectivity index (χ4v) is 2.92. The molecule has 1 aromatic heterocycles. The average Bonchev–Trinajstić information content (AvgIpc) is 3.12. The third-order valence-corrected chi connectivity index (χ3v) is 4.27. The molecule has 1 saturated heterocycles. The van der Waals surface area contributed by atoms with E-state index in [2.05, 4.69) is 12.2 Å². The molecule has 0 saturated carbocycles. The fourth-order valence-electron chi connectivity index (χ4n) is 2.64. The fraction of sp³-hybridized carbons (Fsp3) is 0.150. The lowest BCUT2D eigenvalue weighted by molar-refractivity contribution is -0.122. The van der Waals surface area contributed by atoms with E-state index in [1.165, 1.54) is 11.0 Å². The third kappa shape index (κ3) is 3.65. The van der Waals surface area contributed by atoms with E-state index in [0.29, 0.717) is 17.0 Å². The molecule has 0 atom stereocenters. The molecule has 1 N–H and O–H groups in total. The number of hydrogen-bond donors (Lipinski definition) is 1. The van der Waals surface area contributed by atoms with Crippen LogP contribution in [0.3, 0.4) is 0 Å². The van der Waals surface area contributed by atoms with Crippen LogP contribution in [0.2, 0.25) is 0 Å². The number of allylic oxidation sites excluding steroid dienone is 2. The molecule has 1 aliphatic rings. The third-order valence-electron chi connectivity index (χ3n) is 3.99. The molecule has 0 unspecified atom stereocenters. The van der Waals surface area contributed by atoms with Crippen LogP contribution >= 0.6 is 12.2 Å². The molecule has 2 amide bonds. The van der Waals surface area contributed by atoms with E-state index in [-0.39, 0.29) is 10.7 Å². The monoisotopic (exact) mass is 366 g/mol. The van der Waals surface area contributed by atoms with E-state index in [4.69, 9.17) is 16.6 Å². The quantitative estimate of drug-likeness (QED) is 0.510. The molecule has 0 spiro atoms. The summed E-state index contributed by atoms with van der Waals surface area (Å²) in [5, 5.41) is 2.66. The summed E-state index contributed by atoms with van der Waals surface area (Å²) in [5.74, 6) is -0.311. The Bertz CT molecular complexity index is 909. The molecule has 1 aliphatic heterocycles. The summed E-state index contributed by atoms with van der Waals surface area (Å²) in [6.07, 6.45) is 5.75. The van der Waals surface area contributed by atoms with Crippen molar-refractivity contribution in [2.45, 2.75) is 20.3 Å². The molecular weight excluding hydrogens is 348 g/mol. The highest BCUT2D eigenvalue weighted by Gasteiger charge is 2.34. The lowest BCUT2D eigenvalue weighted by atomic mass is 10.1. The van der Waals surface area contributed by atoms with Gasteiger partial charge in [0, 0.05) is 0 Å². The van der Waals surface area contributed by atoms with Gasteiger partial charge in [-0.15, -0.1) is 0 Å². The van der Waals surface area contributed by atoms with Crippen molar-refractivity contribution in [1.82, 2.24) is 5.32 Å². The highest BCUT2D eigenvalue weighted by Crippen LogP contribution is 2.22. The Morgan fingerprint density at radius 2 is 1.96 bits per heavy atom. The second kappa shape index (κ2) is 7.49. The number of furan rings is 1. The second-order valence-corrected chi connectivity index (χ2v) is 6.27. The van der Waals surface area contributed by atoms with Crippen molar-refractivity contribution in [3.05, 3.63) is 71.2 Å². The SMILES string of the molecule is CCc1ccc(N2C(=O)/C(=C/C(C)=C/c3ccco3)C(=O)NC2=S)cc1. The summed E-state index contributed by atoms with van der Waals surface area (Å²) < 4.78 is 5.25. The van der Waals surface area contributed by atoms with Crippen molar-refractivity contribution >= 4 is 40.9 Å². The average molecular weight is 366 g/mol. The molecule has 2 heterocycles. The van der Waals surface area contributed by atoms with Crippen LogP contribution in [0.5, 0.6) is 0 Å². The zero-order chi connectivity index (χ0) is 18.7. The molecule has 132 valence electrons. The Hall–Kier alpha value is -2.99. The standard InChI is InChI=1S/C20H18N2O3S/c1-3-14-6-8-15(9-7-14)22-19(24)17(18(23)21-20(22)26)12-13(2)11-16-5-4-10-25-16/h4-12H,3H2,1-2H3,(H,21,23,26)/b13-11+,17-12+. The number of aryl methyl sites for hydroxylation is 1. The van der Waals surface area contributed by atoms with Gasteiger partial charge in [0.25, 0.3) is 11.8 Å². The number of thiocarbonyl (C=S) groups is 1. The lowest BCUT2D eigenvalue weighted by Gasteiger charge is -2.29. The Morgan fingerprint density at radius 3 is 2.58 bits per heavy atom. The predicted octanol–water partition coefficient (Wildman–Crippen LogP) is 3.62. The first kappa shape index (κ1) is 17.8. The van der Waals surface area contributed by atoms with Crippen molar-refractivity contribution in [3.63, 3.8) is 0 Å². The molecule has 2 aromatic rings. The van der Waals surface area contributed by atoms with Crippen LogP contribution in [0.25, 0.3) is 6.08 Å².